The highest BCUT2D eigenvalue weighted by atomic mass is 19.2. The van der Waals surface area contributed by atoms with Gasteiger partial charge < -0.3 is 5.32 Å². The molecule has 0 saturated carbocycles. The molecule has 1 N–H and O–H groups in total. The number of rotatable bonds is 4. The summed E-state index contributed by atoms with van der Waals surface area (Å²) in [5, 5.41) is 6.07. The second-order valence-electron chi connectivity index (χ2n) is 3.96. The Bertz CT molecular complexity index is 611. The summed E-state index contributed by atoms with van der Waals surface area (Å²) in [6.07, 6.45) is 1.59. The first kappa shape index (κ1) is 14.2. The Morgan fingerprint density at radius 3 is 2.05 bits per heavy atom. The normalized spacial score (nSPS) is 10.9. The largest absolute Gasteiger partial charge is 0.380 e. The van der Waals surface area contributed by atoms with Gasteiger partial charge in [0.25, 0.3) is 0 Å². The Hall–Kier alpha value is -2.19. The van der Waals surface area contributed by atoms with Crippen molar-refractivity contribution in [3.8, 4) is 0 Å². The highest BCUT2D eigenvalue weighted by Gasteiger charge is 2.25. The van der Waals surface area contributed by atoms with Gasteiger partial charge in [0.2, 0.25) is 5.82 Å². The summed E-state index contributed by atoms with van der Waals surface area (Å²) in [6.45, 7) is -0.0810. The minimum atomic E-state index is -2.18. The summed E-state index contributed by atoms with van der Waals surface area (Å²) in [4.78, 5) is 3.86. The maximum absolute atomic E-state index is 13.3. The molecule has 20 heavy (non-hydrogen) atoms. The van der Waals surface area contributed by atoms with Gasteiger partial charge >= 0.3 is 0 Å². The fourth-order valence-electron chi connectivity index (χ4n) is 1.56. The van der Waals surface area contributed by atoms with Crippen LogP contribution in [0.5, 0.6) is 0 Å². The summed E-state index contributed by atoms with van der Waals surface area (Å²) >= 11 is 0. The van der Waals surface area contributed by atoms with Crippen LogP contribution in [0.15, 0.2) is 6.33 Å². The minimum Gasteiger partial charge on any atom is -0.380 e. The van der Waals surface area contributed by atoms with Crippen molar-refractivity contribution in [1.82, 2.24) is 14.8 Å². The molecule has 0 aliphatic rings. The standard InChI is InChI=1S/C11H9F5N4/c1-20-4-18-5(19-20)2-3-17-11-9(15)7(13)6(12)8(14)10(11)16/h4,17H,2-3H2,1H3. The summed E-state index contributed by atoms with van der Waals surface area (Å²) in [5.41, 5.74) is -1.06. The monoisotopic (exact) mass is 292 g/mol. The van der Waals surface area contributed by atoms with Crippen molar-refractivity contribution < 1.29 is 22.0 Å². The van der Waals surface area contributed by atoms with Gasteiger partial charge in [-0.05, 0) is 0 Å². The van der Waals surface area contributed by atoms with Crippen LogP contribution in [-0.4, -0.2) is 21.3 Å². The Labute approximate surface area is 110 Å². The van der Waals surface area contributed by atoms with Gasteiger partial charge in [0.15, 0.2) is 29.1 Å². The lowest BCUT2D eigenvalue weighted by Crippen LogP contribution is -2.13. The van der Waals surface area contributed by atoms with E-state index in [0.717, 1.165) is 0 Å². The molecule has 1 aromatic heterocycles. The number of nitrogens with one attached hydrogen (secondary N) is 1. The van der Waals surface area contributed by atoms with E-state index >= 15 is 0 Å². The van der Waals surface area contributed by atoms with E-state index in [1.54, 1.807) is 7.05 Å². The first-order chi connectivity index (χ1) is 9.41. The Morgan fingerprint density at radius 2 is 1.55 bits per heavy atom. The van der Waals surface area contributed by atoms with E-state index in [4.69, 9.17) is 0 Å². The number of hydrogen-bond donors (Lipinski definition) is 1. The van der Waals surface area contributed by atoms with Crippen LogP contribution in [0, 0.1) is 29.1 Å². The predicted molar refractivity (Wildman–Crippen MR) is 59.4 cm³/mol. The van der Waals surface area contributed by atoms with Crippen molar-refractivity contribution in [2.24, 2.45) is 7.05 Å². The van der Waals surface area contributed by atoms with Crippen LogP contribution < -0.4 is 5.32 Å². The molecule has 0 unspecified atom stereocenters. The van der Waals surface area contributed by atoms with Gasteiger partial charge in [0, 0.05) is 20.0 Å². The Kier molecular flexibility index (Phi) is 3.86. The molecule has 0 fully saturated rings. The third kappa shape index (κ3) is 2.56. The van der Waals surface area contributed by atoms with Crippen LogP contribution in [0.25, 0.3) is 0 Å². The zero-order chi connectivity index (χ0) is 14.9. The first-order valence-corrected chi connectivity index (χ1v) is 5.51. The quantitative estimate of drug-likeness (QED) is 0.533. The summed E-state index contributed by atoms with van der Waals surface area (Å²) in [7, 11) is 1.63. The van der Waals surface area contributed by atoms with E-state index in [-0.39, 0.29) is 13.0 Å². The van der Waals surface area contributed by atoms with Gasteiger partial charge in [-0.2, -0.15) is 5.10 Å². The molecule has 2 rings (SSSR count). The molecule has 0 spiro atoms. The van der Waals surface area contributed by atoms with E-state index in [1.807, 2.05) is 0 Å². The van der Waals surface area contributed by atoms with Gasteiger partial charge in [-0.25, -0.2) is 26.9 Å². The van der Waals surface area contributed by atoms with E-state index in [2.05, 4.69) is 15.4 Å². The maximum atomic E-state index is 13.3. The molecule has 0 atom stereocenters. The van der Waals surface area contributed by atoms with Gasteiger partial charge in [-0.3, -0.25) is 4.68 Å². The van der Waals surface area contributed by atoms with E-state index < -0.39 is 34.8 Å². The lowest BCUT2D eigenvalue weighted by Gasteiger charge is -2.09. The third-order valence-corrected chi connectivity index (χ3v) is 2.51. The number of nitrogens with zero attached hydrogens (tertiary/aromatic N) is 3. The van der Waals surface area contributed by atoms with Crippen molar-refractivity contribution in [3.63, 3.8) is 0 Å². The molecule has 0 bridgehead atoms. The van der Waals surface area contributed by atoms with Gasteiger partial charge in [-0.15, -0.1) is 0 Å². The van der Waals surface area contributed by atoms with Gasteiger partial charge in [-0.1, -0.05) is 0 Å². The van der Waals surface area contributed by atoms with E-state index in [1.165, 1.54) is 11.0 Å². The molecule has 108 valence electrons. The van der Waals surface area contributed by atoms with Crippen LogP contribution >= 0.6 is 0 Å². The highest BCUT2D eigenvalue weighted by molar-refractivity contribution is 5.47. The van der Waals surface area contributed by atoms with Crippen LogP contribution in [0.4, 0.5) is 27.6 Å². The predicted octanol–water partition coefficient (Wildman–Crippen LogP) is 2.17. The average molecular weight is 292 g/mol. The fraction of sp³-hybridized carbons (Fsp3) is 0.273. The third-order valence-electron chi connectivity index (χ3n) is 2.51. The first-order valence-electron chi connectivity index (χ1n) is 5.51. The molecule has 0 radical (unpaired) electrons. The number of halogens is 5. The average Bonchev–Trinajstić information content (AvgIpc) is 2.84. The molecular weight excluding hydrogens is 283 g/mol. The number of benzene rings is 1. The van der Waals surface area contributed by atoms with Crippen molar-refractivity contribution in [1.29, 1.82) is 0 Å². The molecule has 0 aliphatic carbocycles. The zero-order valence-electron chi connectivity index (χ0n) is 10.2. The van der Waals surface area contributed by atoms with Crippen molar-refractivity contribution in [3.05, 3.63) is 41.2 Å². The topological polar surface area (TPSA) is 42.7 Å². The van der Waals surface area contributed by atoms with Crippen molar-refractivity contribution in [2.45, 2.75) is 6.42 Å². The molecule has 2 aromatic rings. The molecule has 0 amide bonds. The van der Waals surface area contributed by atoms with Crippen molar-refractivity contribution in [2.75, 3.05) is 11.9 Å². The minimum absolute atomic E-state index is 0.0810. The lowest BCUT2D eigenvalue weighted by molar-refractivity contribution is 0.381. The van der Waals surface area contributed by atoms with Crippen LogP contribution in [0.3, 0.4) is 0 Å². The lowest BCUT2D eigenvalue weighted by atomic mass is 10.2. The number of aromatic nitrogens is 3. The van der Waals surface area contributed by atoms with Crippen LogP contribution in [0.1, 0.15) is 5.82 Å². The van der Waals surface area contributed by atoms with Gasteiger partial charge in [0.1, 0.15) is 12.0 Å². The van der Waals surface area contributed by atoms with Crippen molar-refractivity contribution >= 4 is 5.69 Å². The molecule has 0 aliphatic heterocycles. The Morgan fingerprint density at radius 1 is 1.00 bits per heavy atom. The number of hydrogen-bond acceptors (Lipinski definition) is 3. The molecule has 9 heteroatoms. The SMILES string of the molecule is Cn1cnc(CCNc2c(F)c(F)c(F)c(F)c2F)n1. The molecule has 1 heterocycles. The summed E-state index contributed by atoms with van der Waals surface area (Å²) in [5.74, 6) is -9.56. The highest BCUT2D eigenvalue weighted by Crippen LogP contribution is 2.26. The van der Waals surface area contributed by atoms with Crippen LogP contribution in [-0.2, 0) is 13.5 Å². The fourth-order valence-corrected chi connectivity index (χ4v) is 1.56. The molecule has 4 nitrogen and oxygen atoms in total. The maximum Gasteiger partial charge on any atom is 0.200 e. The number of anilines is 1. The van der Waals surface area contributed by atoms with Gasteiger partial charge in [0.05, 0.1) is 0 Å². The molecule has 0 saturated heterocycles. The molecular formula is C11H9F5N4. The van der Waals surface area contributed by atoms with E-state index in [0.29, 0.717) is 5.82 Å². The second kappa shape index (κ2) is 5.43. The molecule has 1 aromatic carbocycles. The number of aryl methyl sites for hydroxylation is 1. The Balaban J connectivity index is 2.13. The smallest absolute Gasteiger partial charge is 0.200 e. The summed E-state index contributed by atoms with van der Waals surface area (Å²) < 4.78 is 66.7. The summed E-state index contributed by atoms with van der Waals surface area (Å²) in [6, 6.07) is 0. The second-order valence-corrected chi connectivity index (χ2v) is 3.96. The van der Waals surface area contributed by atoms with Crippen LogP contribution in [0.2, 0.25) is 0 Å². The van der Waals surface area contributed by atoms with E-state index in [9.17, 15) is 22.0 Å². The zero-order valence-corrected chi connectivity index (χ0v) is 10.2.